The number of rotatable bonds is 7. The summed E-state index contributed by atoms with van der Waals surface area (Å²) in [7, 11) is 0. The molecular formula is C38H47FN6O4. The van der Waals surface area contributed by atoms with Crippen LogP contribution in [-0.4, -0.2) is 83.8 Å². The average Bonchev–Trinajstić information content (AvgIpc) is 3.06. The highest BCUT2D eigenvalue weighted by molar-refractivity contribution is 5.76. The van der Waals surface area contributed by atoms with Gasteiger partial charge in [-0.25, -0.2) is 23.5 Å². The first kappa shape index (κ1) is 34.5. The van der Waals surface area contributed by atoms with Crippen LogP contribution in [0.3, 0.4) is 0 Å². The molecule has 3 heterocycles. The summed E-state index contributed by atoms with van der Waals surface area (Å²) >= 11 is 0. The lowest BCUT2D eigenvalue weighted by molar-refractivity contribution is 0.0506. The maximum atomic E-state index is 14.5. The maximum Gasteiger partial charge on any atom is 0.407 e. The number of benzene rings is 2. The second-order valence-electron chi connectivity index (χ2n) is 14.8. The van der Waals surface area contributed by atoms with Gasteiger partial charge in [0.25, 0.3) is 5.56 Å². The molecule has 0 atom stereocenters. The maximum absolute atomic E-state index is 14.5. The molecule has 2 aromatic heterocycles. The molecule has 260 valence electrons. The van der Waals surface area contributed by atoms with Crippen molar-refractivity contribution in [3.8, 4) is 16.8 Å². The number of aromatic nitrogens is 3. The molecule has 2 aromatic carbocycles. The first-order valence-electron chi connectivity index (χ1n) is 17.3. The molecular weight excluding hydrogens is 623 g/mol. The number of piperazine rings is 1. The summed E-state index contributed by atoms with van der Waals surface area (Å²) in [5.74, 6) is -0.664. The Bertz CT molecular complexity index is 1930. The van der Waals surface area contributed by atoms with E-state index in [-0.39, 0.29) is 17.1 Å². The van der Waals surface area contributed by atoms with E-state index in [4.69, 9.17) is 0 Å². The molecule has 1 aliphatic carbocycles. The first-order chi connectivity index (χ1) is 23.3. The topological polar surface area (TPSA) is 104 Å². The van der Waals surface area contributed by atoms with E-state index in [0.29, 0.717) is 37.4 Å². The number of nitrogens with zero attached hydrogens (tertiary/aromatic N) is 6. The lowest BCUT2D eigenvalue weighted by atomic mass is 9.88. The molecule has 1 saturated heterocycles. The Balaban J connectivity index is 1.30. The number of hydrogen-bond donors (Lipinski definition) is 1. The van der Waals surface area contributed by atoms with E-state index in [0.717, 1.165) is 56.1 Å². The van der Waals surface area contributed by atoms with E-state index in [2.05, 4.69) is 52.9 Å². The second-order valence-corrected chi connectivity index (χ2v) is 14.8. The van der Waals surface area contributed by atoms with Gasteiger partial charge in [-0.3, -0.25) is 19.2 Å². The fraction of sp³-hybridized carbons (Fsp3) is 0.474. The van der Waals surface area contributed by atoms with Crippen LogP contribution in [0.2, 0.25) is 0 Å². The number of pyridine rings is 1. The Hall–Kier alpha value is -4.35. The number of carboxylic acid groups (broad SMARTS) is 1. The van der Waals surface area contributed by atoms with Gasteiger partial charge in [-0.15, -0.1) is 0 Å². The van der Waals surface area contributed by atoms with Crippen LogP contribution in [0, 0.1) is 5.82 Å². The van der Waals surface area contributed by atoms with Crippen molar-refractivity contribution < 1.29 is 14.3 Å². The summed E-state index contributed by atoms with van der Waals surface area (Å²) in [6.45, 7) is 15.2. The monoisotopic (exact) mass is 670 g/mol. The van der Waals surface area contributed by atoms with Crippen molar-refractivity contribution >= 4 is 17.1 Å². The molecule has 10 nitrogen and oxygen atoms in total. The van der Waals surface area contributed by atoms with Crippen LogP contribution in [0.1, 0.15) is 71.9 Å². The molecule has 0 unspecified atom stereocenters. The average molecular weight is 671 g/mol. The minimum Gasteiger partial charge on any atom is -0.465 e. The van der Waals surface area contributed by atoms with Gasteiger partial charge in [0.2, 0.25) is 0 Å². The van der Waals surface area contributed by atoms with E-state index < -0.39 is 34.7 Å². The van der Waals surface area contributed by atoms with Crippen molar-refractivity contribution in [2.45, 2.75) is 90.5 Å². The van der Waals surface area contributed by atoms with Crippen molar-refractivity contribution in [3.05, 3.63) is 93.0 Å². The lowest BCUT2D eigenvalue weighted by Crippen LogP contribution is -2.53. The molecule has 0 bridgehead atoms. The molecule has 49 heavy (non-hydrogen) atoms. The van der Waals surface area contributed by atoms with E-state index in [9.17, 15) is 23.9 Å². The SMILES string of the molecule is CC(C)N1CCN(Cc2ccc(-c3cccc(-n4c(=O)n(C5CCC(N(C(=O)O)C(C)(C)C)CC5)c(=O)c5cc(F)cnc54)c3)cc2)CC1. The Morgan fingerprint density at radius 2 is 1.63 bits per heavy atom. The van der Waals surface area contributed by atoms with Gasteiger partial charge in [0, 0.05) is 56.4 Å². The first-order valence-corrected chi connectivity index (χ1v) is 17.3. The van der Waals surface area contributed by atoms with Gasteiger partial charge in [-0.05, 0) is 95.2 Å². The fourth-order valence-corrected chi connectivity index (χ4v) is 7.63. The molecule has 2 aliphatic rings. The van der Waals surface area contributed by atoms with Crippen LogP contribution in [-0.2, 0) is 6.54 Å². The summed E-state index contributed by atoms with van der Waals surface area (Å²) in [4.78, 5) is 50.9. The highest BCUT2D eigenvalue weighted by atomic mass is 19.1. The van der Waals surface area contributed by atoms with Crippen LogP contribution < -0.4 is 11.2 Å². The predicted molar refractivity (Wildman–Crippen MR) is 190 cm³/mol. The minimum atomic E-state index is -0.989. The molecule has 1 amide bonds. The van der Waals surface area contributed by atoms with Crippen LogP contribution in [0.4, 0.5) is 9.18 Å². The van der Waals surface area contributed by atoms with Crippen molar-refractivity contribution in [1.82, 2.24) is 28.8 Å². The summed E-state index contributed by atoms with van der Waals surface area (Å²) in [5.41, 5.74) is 2.01. The standard InChI is InChI=1S/C38H47FN6O4/c1-25(2)42-19-17-41(18-20-42)24-26-9-11-27(12-10-26)28-7-6-8-32(21-28)43-34-33(22-29(39)23-40-34)35(46)44(36(43)47)30-13-15-31(16-14-30)45(37(48)49)38(3,4)5/h6-12,21-23,25,30-31H,13-20,24H2,1-5H3,(H,48,49). The number of carbonyl (C=O) groups is 1. The zero-order valence-corrected chi connectivity index (χ0v) is 29.1. The summed E-state index contributed by atoms with van der Waals surface area (Å²) in [6.07, 6.45) is 1.91. The molecule has 1 N–H and O–H groups in total. The van der Waals surface area contributed by atoms with Crippen LogP contribution in [0.5, 0.6) is 0 Å². The molecule has 11 heteroatoms. The normalized spacial score (nSPS) is 19.4. The van der Waals surface area contributed by atoms with E-state index in [1.165, 1.54) is 19.6 Å². The number of hydrogen-bond acceptors (Lipinski definition) is 6. The Morgan fingerprint density at radius 1 is 0.959 bits per heavy atom. The number of amides is 1. The highest BCUT2D eigenvalue weighted by Crippen LogP contribution is 2.33. The van der Waals surface area contributed by atoms with E-state index in [1.807, 2.05) is 39.0 Å². The predicted octanol–water partition coefficient (Wildman–Crippen LogP) is 6.14. The molecule has 6 rings (SSSR count). The Morgan fingerprint density at radius 3 is 2.24 bits per heavy atom. The molecule has 1 saturated carbocycles. The van der Waals surface area contributed by atoms with Gasteiger partial charge in [0.15, 0.2) is 5.65 Å². The van der Waals surface area contributed by atoms with E-state index >= 15 is 0 Å². The van der Waals surface area contributed by atoms with Crippen molar-refractivity contribution in [1.29, 1.82) is 0 Å². The van der Waals surface area contributed by atoms with E-state index in [1.54, 1.807) is 6.07 Å². The molecule has 4 aromatic rings. The zero-order chi connectivity index (χ0) is 35.0. The van der Waals surface area contributed by atoms with Crippen LogP contribution >= 0.6 is 0 Å². The zero-order valence-electron chi connectivity index (χ0n) is 29.1. The van der Waals surface area contributed by atoms with Gasteiger partial charge in [0.1, 0.15) is 5.82 Å². The molecule has 0 radical (unpaired) electrons. The molecule has 0 spiro atoms. The largest absolute Gasteiger partial charge is 0.465 e. The third-order valence-electron chi connectivity index (χ3n) is 10.2. The minimum absolute atomic E-state index is 0.0209. The third kappa shape index (κ3) is 7.19. The second kappa shape index (κ2) is 13.9. The van der Waals surface area contributed by atoms with Gasteiger partial charge in [-0.2, -0.15) is 0 Å². The highest BCUT2D eigenvalue weighted by Gasteiger charge is 2.37. The fourth-order valence-electron chi connectivity index (χ4n) is 7.63. The van der Waals surface area contributed by atoms with Crippen LogP contribution in [0.25, 0.3) is 27.8 Å². The van der Waals surface area contributed by atoms with Crippen LogP contribution in [0.15, 0.2) is 70.4 Å². The van der Waals surface area contributed by atoms with Crippen molar-refractivity contribution in [3.63, 3.8) is 0 Å². The Kier molecular flexibility index (Phi) is 9.77. The van der Waals surface area contributed by atoms with Gasteiger partial charge in [-0.1, -0.05) is 36.4 Å². The van der Waals surface area contributed by atoms with Crippen molar-refractivity contribution in [2.75, 3.05) is 26.2 Å². The van der Waals surface area contributed by atoms with Gasteiger partial charge >= 0.3 is 11.8 Å². The smallest absolute Gasteiger partial charge is 0.407 e. The third-order valence-corrected chi connectivity index (χ3v) is 10.2. The lowest BCUT2D eigenvalue weighted by Gasteiger charge is -2.42. The summed E-state index contributed by atoms with van der Waals surface area (Å²) in [6, 6.07) is 17.0. The van der Waals surface area contributed by atoms with Gasteiger partial charge in [0.05, 0.1) is 17.3 Å². The summed E-state index contributed by atoms with van der Waals surface area (Å²) in [5, 5.41) is 9.94. The van der Waals surface area contributed by atoms with Gasteiger partial charge < -0.3 is 10.0 Å². The number of halogens is 1. The quantitative estimate of drug-likeness (QED) is 0.252. The molecule has 2 fully saturated rings. The number of fused-ring (bicyclic) bond motifs is 1. The molecule has 1 aliphatic heterocycles. The summed E-state index contributed by atoms with van der Waals surface area (Å²) < 4.78 is 17.1. The Labute approximate surface area is 286 Å². The van der Waals surface area contributed by atoms with Crippen molar-refractivity contribution in [2.24, 2.45) is 0 Å².